The van der Waals surface area contributed by atoms with E-state index in [0.29, 0.717) is 6.54 Å². The Morgan fingerprint density at radius 3 is 2.71 bits per heavy atom. The van der Waals surface area contributed by atoms with Gasteiger partial charge in [0, 0.05) is 26.7 Å². The van der Waals surface area contributed by atoms with Crippen LogP contribution in [-0.4, -0.2) is 78.0 Å². The van der Waals surface area contributed by atoms with E-state index in [1.807, 2.05) is 0 Å². The number of nitrogens with zero attached hydrogens (tertiary/aromatic N) is 2. The monoisotopic (exact) mass is 300 g/mol. The second-order valence-electron chi connectivity index (χ2n) is 4.69. The van der Waals surface area contributed by atoms with E-state index in [9.17, 15) is 19.2 Å². The predicted octanol–water partition coefficient (Wildman–Crippen LogP) is -1.55. The molecule has 118 valence electrons. The highest BCUT2D eigenvalue weighted by Gasteiger charge is 2.36. The molecule has 1 rings (SSSR count). The van der Waals surface area contributed by atoms with Crippen LogP contribution < -0.4 is 10.6 Å². The van der Waals surface area contributed by atoms with Crippen molar-refractivity contribution in [1.29, 1.82) is 0 Å². The van der Waals surface area contributed by atoms with Gasteiger partial charge in [-0.05, 0) is 6.92 Å². The van der Waals surface area contributed by atoms with E-state index in [0.717, 1.165) is 0 Å². The number of amides is 4. The van der Waals surface area contributed by atoms with Gasteiger partial charge in [-0.15, -0.1) is 0 Å². The van der Waals surface area contributed by atoms with Gasteiger partial charge in [-0.1, -0.05) is 0 Å². The number of rotatable bonds is 5. The summed E-state index contributed by atoms with van der Waals surface area (Å²) in [5.41, 5.74) is 0. The maximum Gasteiger partial charge on any atom is 0.320 e. The number of carbonyl (C=O) groups is 4. The van der Waals surface area contributed by atoms with Crippen molar-refractivity contribution in [3.05, 3.63) is 0 Å². The van der Waals surface area contributed by atoms with Gasteiger partial charge in [-0.3, -0.25) is 14.4 Å². The Bertz CT molecular complexity index is 439. The van der Waals surface area contributed by atoms with Crippen molar-refractivity contribution in [1.82, 2.24) is 20.4 Å². The first-order valence-corrected chi connectivity index (χ1v) is 6.64. The number of hydrogen-bond donors (Lipinski definition) is 3. The lowest BCUT2D eigenvalue weighted by Gasteiger charge is -2.36. The maximum absolute atomic E-state index is 12.3. The van der Waals surface area contributed by atoms with Gasteiger partial charge in [-0.2, -0.15) is 0 Å². The van der Waals surface area contributed by atoms with Crippen LogP contribution in [0.4, 0.5) is 4.79 Å². The molecular weight excluding hydrogens is 280 g/mol. The van der Waals surface area contributed by atoms with Crippen LogP contribution in [-0.2, 0) is 14.4 Å². The van der Waals surface area contributed by atoms with Crippen molar-refractivity contribution in [2.45, 2.75) is 19.4 Å². The summed E-state index contributed by atoms with van der Waals surface area (Å²) in [6.07, 6.45) is -0.466. The number of carbonyl (C=O) groups excluding carboxylic acids is 3. The average molecular weight is 300 g/mol. The molecule has 3 N–H and O–H groups in total. The van der Waals surface area contributed by atoms with Crippen LogP contribution in [0, 0.1) is 0 Å². The molecule has 0 aromatic carbocycles. The fourth-order valence-corrected chi connectivity index (χ4v) is 2.07. The van der Waals surface area contributed by atoms with E-state index >= 15 is 0 Å². The quantitative estimate of drug-likeness (QED) is 0.568. The van der Waals surface area contributed by atoms with E-state index in [-0.39, 0.29) is 25.5 Å². The normalized spacial score (nSPS) is 17.9. The number of carboxylic acids is 1. The number of urea groups is 1. The molecule has 0 bridgehead atoms. The van der Waals surface area contributed by atoms with Crippen molar-refractivity contribution in [2.75, 3.05) is 33.2 Å². The molecular formula is C12H20N4O5. The minimum Gasteiger partial charge on any atom is -0.481 e. The van der Waals surface area contributed by atoms with Crippen LogP contribution in [0.5, 0.6) is 0 Å². The van der Waals surface area contributed by atoms with Crippen LogP contribution in [0.2, 0.25) is 0 Å². The topological polar surface area (TPSA) is 119 Å². The molecule has 0 saturated carbocycles. The highest BCUT2D eigenvalue weighted by Crippen LogP contribution is 2.11. The summed E-state index contributed by atoms with van der Waals surface area (Å²) in [6, 6.07) is -1.59. The third-order valence-electron chi connectivity index (χ3n) is 3.03. The van der Waals surface area contributed by atoms with Gasteiger partial charge in [0.2, 0.25) is 11.8 Å². The van der Waals surface area contributed by atoms with Crippen molar-refractivity contribution >= 4 is 23.8 Å². The molecule has 9 nitrogen and oxygen atoms in total. The first-order valence-electron chi connectivity index (χ1n) is 6.64. The third kappa shape index (κ3) is 4.62. The Kier molecular flexibility index (Phi) is 5.94. The maximum atomic E-state index is 12.3. The molecule has 1 heterocycles. The van der Waals surface area contributed by atoms with Crippen LogP contribution in [0.1, 0.15) is 13.3 Å². The second kappa shape index (κ2) is 7.46. The lowest BCUT2D eigenvalue weighted by molar-refractivity contribution is -0.142. The molecule has 0 aliphatic carbocycles. The minimum atomic E-state index is -1.17. The molecule has 4 amide bonds. The molecule has 0 spiro atoms. The zero-order valence-electron chi connectivity index (χ0n) is 12.1. The van der Waals surface area contributed by atoms with Crippen LogP contribution in [0.3, 0.4) is 0 Å². The Labute approximate surface area is 122 Å². The zero-order chi connectivity index (χ0) is 16.0. The standard InChI is InChI=1S/C12H20N4O5/c1-3-13-9(17)7-15(2)12(21)16-5-4-14-11(20)8(16)6-10(18)19/h8H,3-7H2,1-2H3,(H,13,17)(H,14,20)(H,18,19). The smallest absolute Gasteiger partial charge is 0.320 e. The van der Waals surface area contributed by atoms with Gasteiger partial charge >= 0.3 is 12.0 Å². The first kappa shape index (κ1) is 16.7. The van der Waals surface area contributed by atoms with E-state index in [1.54, 1.807) is 6.92 Å². The zero-order valence-corrected chi connectivity index (χ0v) is 12.1. The fraction of sp³-hybridized carbons (Fsp3) is 0.667. The largest absolute Gasteiger partial charge is 0.481 e. The summed E-state index contributed by atoms with van der Waals surface area (Å²) in [4.78, 5) is 48.6. The Morgan fingerprint density at radius 1 is 1.48 bits per heavy atom. The van der Waals surface area contributed by atoms with Gasteiger partial charge in [-0.25, -0.2) is 4.79 Å². The number of aliphatic carboxylic acids is 1. The van der Waals surface area contributed by atoms with Crippen LogP contribution >= 0.6 is 0 Å². The summed E-state index contributed by atoms with van der Waals surface area (Å²) in [6.45, 7) is 2.54. The molecule has 1 saturated heterocycles. The number of piperazine rings is 1. The number of likely N-dealkylation sites (N-methyl/N-ethyl adjacent to an activating group) is 2. The molecule has 1 aliphatic rings. The predicted molar refractivity (Wildman–Crippen MR) is 72.5 cm³/mol. The Hall–Kier alpha value is -2.32. The van der Waals surface area contributed by atoms with Gasteiger partial charge in [0.05, 0.1) is 6.42 Å². The molecule has 0 aromatic rings. The van der Waals surface area contributed by atoms with E-state index in [1.165, 1.54) is 16.8 Å². The van der Waals surface area contributed by atoms with Gasteiger partial charge in [0.25, 0.3) is 0 Å². The summed E-state index contributed by atoms with van der Waals surface area (Å²) in [5.74, 6) is -1.98. The fourth-order valence-electron chi connectivity index (χ4n) is 2.07. The lowest BCUT2D eigenvalue weighted by Crippen LogP contribution is -2.60. The molecule has 1 unspecified atom stereocenters. The Morgan fingerprint density at radius 2 is 2.14 bits per heavy atom. The highest BCUT2D eigenvalue weighted by atomic mass is 16.4. The van der Waals surface area contributed by atoms with E-state index in [4.69, 9.17) is 5.11 Å². The summed E-state index contributed by atoms with van der Waals surface area (Å²) < 4.78 is 0. The van der Waals surface area contributed by atoms with Gasteiger partial charge in [0.1, 0.15) is 12.6 Å². The second-order valence-corrected chi connectivity index (χ2v) is 4.69. The van der Waals surface area contributed by atoms with Gasteiger partial charge in [0.15, 0.2) is 0 Å². The first-order chi connectivity index (χ1) is 9.86. The molecule has 1 aliphatic heterocycles. The van der Waals surface area contributed by atoms with Crippen LogP contribution in [0.15, 0.2) is 0 Å². The van der Waals surface area contributed by atoms with Crippen molar-refractivity contribution in [3.63, 3.8) is 0 Å². The minimum absolute atomic E-state index is 0.148. The average Bonchev–Trinajstić information content (AvgIpc) is 2.40. The van der Waals surface area contributed by atoms with Crippen molar-refractivity contribution < 1.29 is 24.3 Å². The Balaban J connectivity index is 2.74. The number of carboxylic acid groups (broad SMARTS) is 1. The summed E-state index contributed by atoms with van der Waals surface area (Å²) in [5, 5.41) is 13.9. The highest BCUT2D eigenvalue weighted by molar-refractivity contribution is 5.92. The molecule has 9 heteroatoms. The van der Waals surface area contributed by atoms with Crippen molar-refractivity contribution in [2.24, 2.45) is 0 Å². The number of nitrogens with one attached hydrogen (secondary N) is 2. The van der Waals surface area contributed by atoms with Crippen LogP contribution in [0.25, 0.3) is 0 Å². The SMILES string of the molecule is CCNC(=O)CN(C)C(=O)N1CCNC(=O)C1CC(=O)O. The summed E-state index contributed by atoms with van der Waals surface area (Å²) >= 11 is 0. The molecule has 1 atom stereocenters. The molecule has 0 radical (unpaired) electrons. The molecule has 1 fully saturated rings. The van der Waals surface area contributed by atoms with E-state index in [2.05, 4.69) is 10.6 Å². The molecule has 21 heavy (non-hydrogen) atoms. The third-order valence-corrected chi connectivity index (χ3v) is 3.03. The number of hydrogen-bond acceptors (Lipinski definition) is 4. The van der Waals surface area contributed by atoms with E-state index < -0.39 is 30.4 Å². The molecule has 0 aromatic heterocycles. The van der Waals surface area contributed by atoms with Gasteiger partial charge < -0.3 is 25.5 Å². The van der Waals surface area contributed by atoms with Crippen molar-refractivity contribution in [3.8, 4) is 0 Å². The summed E-state index contributed by atoms with van der Waals surface area (Å²) in [7, 11) is 1.43. The lowest BCUT2D eigenvalue weighted by atomic mass is 10.1.